The van der Waals surface area contributed by atoms with Crippen LogP contribution in [0.4, 0.5) is 11.4 Å². The van der Waals surface area contributed by atoms with Gasteiger partial charge in [0.2, 0.25) is 0 Å². The van der Waals surface area contributed by atoms with E-state index in [-0.39, 0.29) is 5.56 Å². The Morgan fingerprint density at radius 1 is 1.14 bits per heavy atom. The van der Waals surface area contributed by atoms with Crippen LogP contribution in [0.5, 0.6) is 0 Å². The van der Waals surface area contributed by atoms with E-state index in [9.17, 15) is 9.90 Å². The molecule has 0 bridgehead atoms. The summed E-state index contributed by atoms with van der Waals surface area (Å²) in [5.41, 5.74) is 3.45. The van der Waals surface area contributed by atoms with Gasteiger partial charge in [0.1, 0.15) is 5.56 Å². The normalized spacial score (nSPS) is 10.5. The van der Waals surface area contributed by atoms with Crippen molar-refractivity contribution < 1.29 is 9.90 Å². The van der Waals surface area contributed by atoms with Crippen molar-refractivity contribution in [3.05, 3.63) is 65.9 Å². The summed E-state index contributed by atoms with van der Waals surface area (Å²) in [6, 6.07) is 15.3. The summed E-state index contributed by atoms with van der Waals surface area (Å²) in [7, 11) is 0. The van der Waals surface area contributed by atoms with E-state index in [2.05, 4.69) is 10.3 Å². The highest BCUT2D eigenvalue weighted by Crippen LogP contribution is 2.29. The van der Waals surface area contributed by atoms with Gasteiger partial charge in [-0.25, -0.2) is 4.79 Å². The van der Waals surface area contributed by atoms with Gasteiger partial charge in [-0.15, -0.1) is 0 Å². The van der Waals surface area contributed by atoms with E-state index >= 15 is 0 Å². The predicted octanol–water partition coefficient (Wildman–Crippen LogP) is 3.99. The van der Waals surface area contributed by atoms with Crippen molar-refractivity contribution in [3.63, 3.8) is 0 Å². The number of rotatable bonds is 3. The summed E-state index contributed by atoms with van der Waals surface area (Å²) < 4.78 is 0. The van der Waals surface area contributed by atoms with Crippen LogP contribution in [0.2, 0.25) is 0 Å². The molecule has 3 aromatic rings. The van der Waals surface area contributed by atoms with Crippen molar-refractivity contribution in [2.24, 2.45) is 0 Å². The van der Waals surface area contributed by atoms with Gasteiger partial charge in [0, 0.05) is 17.3 Å². The Morgan fingerprint density at radius 3 is 2.71 bits per heavy atom. The highest BCUT2D eigenvalue weighted by molar-refractivity contribution is 6.05. The van der Waals surface area contributed by atoms with E-state index in [1.807, 2.05) is 55.5 Å². The Balaban J connectivity index is 2.18. The summed E-state index contributed by atoms with van der Waals surface area (Å²) >= 11 is 0. The molecule has 0 spiro atoms. The van der Waals surface area contributed by atoms with Crippen LogP contribution in [-0.2, 0) is 0 Å². The van der Waals surface area contributed by atoms with Gasteiger partial charge in [0.05, 0.1) is 11.2 Å². The topological polar surface area (TPSA) is 62.2 Å². The van der Waals surface area contributed by atoms with Crippen LogP contribution in [0.15, 0.2) is 54.7 Å². The maximum atomic E-state index is 11.4. The third-order valence-corrected chi connectivity index (χ3v) is 3.29. The molecule has 0 radical (unpaired) electrons. The summed E-state index contributed by atoms with van der Waals surface area (Å²) in [4.78, 5) is 15.6. The number of nitrogens with one attached hydrogen (secondary N) is 1. The summed E-state index contributed by atoms with van der Waals surface area (Å²) in [6.07, 6.45) is 1.39. The number of para-hydroxylation sites is 1. The largest absolute Gasteiger partial charge is 0.478 e. The van der Waals surface area contributed by atoms with Crippen molar-refractivity contribution in [1.29, 1.82) is 0 Å². The standard InChI is InChI=1S/C17H14N2O2/c1-11-5-4-6-12(9-11)19-16-13-7-2-3-8-15(13)18-10-14(16)17(20)21/h2-10H,1H3,(H,18,19)(H,20,21). The number of aromatic carboxylic acids is 1. The van der Waals surface area contributed by atoms with E-state index in [0.29, 0.717) is 5.69 Å². The molecule has 1 heterocycles. The van der Waals surface area contributed by atoms with E-state index in [1.165, 1.54) is 6.20 Å². The van der Waals surface area contributed by atoms with Crippen LogP contribution in [0, 0.1) is 6.92 Å². The third kappa shape index (κ3) is 2.56. The molecule has 3 rings (SSSR count). The third-order valence-electron chi connectivity index (χ3n) is 3.29. The minimum absolute atomic E-state index is 0.162. The minimum atomic E-state index is -0.997. The molecule has 0 unspecified atom stereocenters. The Bertz CT molecular complexity index is 828. The number of aryl methyl sites for hydroxylation is 1. The van der Waals surface area contributed by atoms with E-state index in [1.54, 1.807) is 0 Å². The fourth-order valence-electron chi connectivity index (χ4n) is 2.31. The molecule has 0 aliphatic rings. The van der Waals surface area contributed by atoms with Gasteiger partial charge in [0.25, 0.3) is 0 Å². The fourth-order valence-corrected chi connectivity index (χ4v) is 2.31. The number of hydrogen-bond acceptors (Lipinski definition) is 3. The van der Waals surface area contributed by atoms with Crippen molar-refractivity contribution in [3.8, 4) is 0 Å². The van der Waals surface area contributed by atoms with E-state index < -0.39 is 5.97 Å². The number of carbonyl (C=O) groups is 1. The van der Waals surface area contributed by atoms with Gasteiger partial charge in [0.15, 0.2) is 0 Å². The number of nitrogens with zero attached hydrogens (tertiary/aromatic N) is 1. The van der Waals surface area contributed by atoms with E-state index in [4.69, 9.17) is 0 Å². The zero-order chi connectivity index (χ0) is 14.8. The maximum absolute atomic E-state index is 11.4. The maximum Gasteiger partial charge on any atom is 0.339 e. The highest BCUT2D eigenvalue weighted by atomic mass is 16.4. The molecule has 0 saturated carbocycles. The van der Waals surface area contributed by atoms with E-state index in [0.717, 1.165) is 22.2 Å². The molecule has 0 atom stereocenters. The molecule has 21 heavy (non-hydrogen) atoms. The Labute approximate surface area is 122 Å². The van der Waals surface area contributed by atoms with Crippen LogP contribution < -0.4 is 5.32 Å². The second kappa shape index (κ2) is 5.25. The summed E-state index contributed by atoms with van der Waals surface area (Å²) in [5, 5.41) is 13.4. The quantitative estimate of drug-likeness (QED) is 0.760. The van der Waals surface area contributed by atoms with Crippen molar-refractivity contribution >= 4 is 28.2 Å². The average molecular weight is 278 g/mol. The molecule has 0 aliphatic carbocycles. The lowest BCUT2D eigenvalue weighted by Gasteiger charge is -2.13. The zero-order valence-electron chi connectivity index (χ0n) is 11.5. The monoisotopic (exact) mass is 278 g/mol. The first-order valence-corrected chi connectivity index (χ1v) is 6.60. The average Bonchev–Trinajstić information content (AvgIpc) is 2.47. The molecular formula is C17H14N2O2. The van der Waals surface area contributed by atoms with Crippen LogP contribution in [0.25, 0.3) is 10.9 Å². The van der Waals surface area contributed by atoms with Crippen LogP contribution in [0.3, 0.4) is 0 Å². The molecular weight excluding hydrogens is 264 g/mol. The van der Waals surface area contributed by atoms with Crippen molar-refractivity contribution in [2.45, 2.75) is 6.92 Å². The first-order valence-electron chi connectivity index (χ1n) is 6.60. The molecule has 4 heteroatoms. The molecule has 0 aliphatic heterocycles. The molecule has 0 saturated heterocycles. The van der Waals surface area contributed by atoms with Crippen LogP contribution in [0.1, 0.15) is 15.9 Å². The van der Waals surface area contributed by atoms with Crippen LogP contribution >= 0.6 is 0 Å². The summed E-state index contributed by atoms with van der Waals surface area (Å²) in [6.45, 7) is 1.99. The second-order valence-corrected chi connectivity index (χ2v) is 4.86. The number of hydrogen-bond donors (Lipinski definition) is 2. The fraction of sp³-hybridized carbons (Fsp3) is 0.0588. The molecule has 1 aromatic heterocycles. The number of benzene rings is 2. The number of anilines is 2. The number of carboxylic acid groups (broad SMARTS) is 1. The van der Waals surface area contributed by atoms with Gasteiger partial charge in [-0.2, -0.15) is 0 Å². The number of carboxylic acids is 1. The molecule has 0 fully saturated rings. The van der Waals surface area contributed by atoms with Gasteiger partial charge in [-0.05, 0) is 30.7 Å². The number of aromatic nitrogens is 1. The molecule has 2 N–H and O–H groups in total. The molecule has 4 nitrogen and oxygen atoms in total. The lowest BCUT2D eigenvalue weighted by Crippen LogP contribution is -2.04. The lowest BCUT2D eigenvalue weighted by atomic mass is 10.1. The SMILES string of the molecule is Cc1cccc(Nc2c(C(=O)O)cnc3ccccc23)c1. The molecule has 104 valence electrons. The Morgan fingerprint density at radius 2 is 1.95 bits per heavy atom. The molecule has 0 amide bonds. The Hall–Kier alpha value is -2.88. The molecule has 2 aromatic carbocycles. The number of pyridine rings is 1. The smallest absolute Gasteiger partial charge is 0.339 e. The predicted molar refractivity (Wildman–Crippen MR) is 83.2 cm³/mol. The minimum Gasteiger partial charge on any atom is -0.478 e. The summed E-state index contributed by atoms with van der Waals surface area (Å²) in [5.74, 6) is -0.997. The highest BCUT2D eigenvalue weighted by Gasteiger charge is 2.14. The zero-order valence-corrected chi connectivity index (χ0v) is 11.5. The van der Waals surface area contributed by atoms with Gasteiger partial charge >= 0.3 is 5.97 Å². The van der Waals surface area contributed by atoms with Crippen molar-refractivity contribution in [2.75, 3.05) is 5.32 Å². The van der Waals surface area contributed by atoms with Crippen molar-refractivity contribution in [1.82, 2.24) is 4.98 Å². The van der Waals surface area contributed by atoms with Gasteiger partial charge < -0.3 is 10.4 Å². The van der Waals surface area contributed by atoms with Crippen LogP contribution in [-0.4, -0.2) is 16.1 Å². The first kappa shape index (κ1) is 13.1. The lowest BCUT2D eigenvalue weighted by molar-refractivity contribution is 0.0697. The number of fused-ring (bicyclic) bond motifs is 1. The van der Waals surface area contributed by atoms with Gasteiger partial charge in [-0.3, -0.25) is 4.98 Å². The first-order chi connectivity index (χ1) is 10.1. The second-order valence-electron chi connectivity index (χ2n) is 4.86. The Kier molecular flexibility index (Phi) is 3.28. The van der Waals surface area contributed by atoms with Gasteiger partial charge in [-0.1, -0.05) is 30.3 Å².